The van der Waals surface area contributed by atoms with Crippen LogP contribution in [0.4, 0.5) is 5.69 Å². The van der Waals surface area contributed by atoms with E-state index in [0.717, 1.165) is 18.5 Å². The van der Waals surface area contributed by atoms with E-state index in [1.807, 2.05) is 24.3 Å². The molecule has 0 saturated heterocycles. The molecule has 0 fully saturated rings. The van der Waals surface area contributed by atoms with Crippen molar-refractivity contribution in [2.75, 3.05) is 5.32 Å². The number of aromatic nitrogens is 3. The topological polar surface area (TPSA) is 70.7 Å². The van der Waals surface area contributed by atoms with Gasteiger partial charge in [-0.2, -0.15) is 15.4 Å². The molecule has 0 unspecified atom stereocenters. The Morgan fingerprint density at radius 3 is 2.71 bits per heavy atom. The molecule has 0 aliphatic rings. The lowest BCUT2D eigenvalue weighted by Gasteiger charge is -2.04. The summed E-state index contributed by atoms with van der Waals surface area (Å²) in [6.07, 6.45) is 3.56. The molecule has 0 bridgehead atoms. The van der Waals surface area contributed by atoms with Gasteiger partial charge in [0.2, 0.25) is 0 Å². The number of aromatic amines is 1. The van der Waals surface area contributed by atoms with Crippen molar-refractivity contribution in [3.63, 3.8) is 0 Å². The van der Waals surface area contributed by atoms with Crippen LogP contribution in [0.5, 0.6) is 0 Å². The smallest absolute Gasteiger partial charge is 0.277 e. The predicted octanol–water partition coefficient (Wildman–Crippen LogP) is 2.01. The maximum absolute atomic E-state index is 11.7. The first-order valence-electron chi connectivity index (χ1n) is 5.55. The van der Waals surface area contributed by atoms with Crippen LogP contribution in [0.25, 0.3) is 0 Å². The SMILES string of the molecule is CCCc1ccc(NC(=O)c2cn[nH]n2)cc1. The van der Waals surface area contributed by atoms with Gasteiger partial charge in [0.1, 0.15) is 0 Å². The van der Waals surface area contributed by atoms with Gasteiger partial charge in [0.25, 0.3) is 5.91 Å². The molecule has 5 heteroatoms. The average Bonchev–Trinajstić information content (AvgIpc) is 2.86. The quantitative estimate of drug-likeness (QED) is 0.844. The summed E-state index contributed by atoms with van der Waals surface area (Å²) in [6.45, 7) is 2.14. The van der Waals surface area contributed by atoms with Crippen molar-refractivity contribution in [3.8, 4) is 0 Å². The Bertz CT molecular complexity index is 476. The number of H-pyrrole nitrogens is 1. The van der Waals surface area contributed by atoms with E-state index in [-0.39, 0.29) is 11.6 Å². The fourth-order valence-corrected chi connectivity index (χ4v) is 1.55. The molecule has 17 heavy (non-hydrogen) atoms. The Labute approximate surface area is 99.2 Å². The number of rotatable bonds is 4. The van der Waals surface area contributed by atoms with Crippen molar-refractivity contribution >= 4 is 11.6 Å². The van der Waals surface area contributed by atoms with Crippen molar-refractivity contribution in [2.45, 2.75) is 19.8 Å². The Morgan fingerprint density at radius 2 is 2.12 bits per heavy atom. The summed E-state index contributed by atoms with van der Waals surface area (Å²) in [5.74, 6) is -0.262. The zero-order valence-electron chi connectivity index (χ0n) is 9.60. The number of aryl methyl sites for hydroxylation is 1. The molecular formula is C12H14N4O. The molecule has 0 aliphatic carbocycles. The van der Waals surface area contributed by atoms with E-state index < -0.39 is 0 Å². The average molecular weight is 230 g/mol. The number of hydrogen-bond acceptors (Lipinski definition) is 3. The van der Waals surface area contributed by atoms with Crippen molar-refractivity contribution in [3.05, 3.63) is 41.7 Å². The van der Waals surface area contributed by atoms with Gasteiger partial charge >= 0.3 is 0 Å². The first-order valence-corrected chi connectivity index (χ1v) is 5.55. The standard InChI is InChI=1S/C12H14N4O/c1-2-3-9-4-6-10(7-5-9)14-12(17)11-8-13-16-15-11/h4-8H,2-3H2,1H3,(H,14,17)(H,13,15,16). The lowest BCUT2D eigenvalue weighted by Crippen LogP contribution is -2.12. The monoisotopic (exact) mass is 230 g/mol. The van der Waals surface area contributed by atoms with Crippen molar-refractivity contribution in [2.24, 2.45) is 0 Å². The van der Waals surface area contributed by atoms with Crippen LogP contribution in [0.2, 0.25) is 0 Å². The van der Waals surface area contributed by atoms with Gasteiger partial charge in [-0.3, -0.25) is 4.79 Å². The summed E-state index contributed by atoms with van der Waals surface area (Å²) in [6, 6.07) is 7.82. The Hall–Kier alpha value is -2.17. The van der Waals surface area contributed by atoms with E-state index in [9.17, 15) is 4.79 Å². The zero-order valence-corrected chi connectivity index (χ0v) is 9.60. The highest BCUT2D eigenvalue weighted by molar-refractivity contribution is 6.02. The third-order valence-corrected chi connectivity index (χ3v) is 2.40. The molecule has 0 spiro atoms. The van der Waals surface area contributed by atoms with Gasteiger partial charge in [-0.05, 0) is 24.1 Å². The summed E-state index contributed by atoms with van der Waals surface area (Å²) in [7, 11) is 0. The van der Waals surface area contributed by atoms with Gasteiger partial charge in [0.05, 0.1) is 6.20 Å². The fraction of sp³-hybridized carbons (Fsp3) is 0.250. The maximum atomic E-state index is 11.7. The van der Waals surface area contributed by atoms with Crippen LogP contribution < -0.4 is 5.32 Å². The molecule has 1 heterocycles. The van der Waals surface area contributed by atoms with E-state index in [1.165, 1.54) is 11.8 Å². The number of carbonyl (C=O) groups is 1. The number of carbonyl (C=O) groups excluding carboxylic acids is 1. The second-order valence-electron chi connectivity index (χ2n) is 3.76. The van der Waals surface area contributed by atoms with E-state index in [4.69, 9.17) is 0 Å². The van der Waals surface area contributed by atoms with Gasteiger partial charge in [-0.1, -0.05) is 25.5 Å². The van der Waals surface area contributed by atoms with Gasteiger partial charge < -0.3 is 5.32 Å². The number of anilines is 1. The number of nitrogens with one attached hydrogen (secondary N) is 2. The molecule has 88 valence electrons. The van der Waals surface area contributed by atoms with E-state index in [0.29, 0.717) is 0 Å². The number of benzene rings is 1. The van der Waals surface area contributed by atoms with Crippen LogP contribution in [0, 0.1) is 0 Å². The molecule has 1 aromatic carbocycles. The zero-order chi connectivity index (χ0) is 12.1. The lowest BCUT2D eigenvalue weighted by molar-refractivity contribution is 0.102. The van der Waals surface area contributed by atoms with Crippen LogP contribution in [0.1, 0.15) is 29.4 Å². The fourth-order valence-electron chi connectivity index (χ4n) is 1.55. The molecule has 0 radical (unpaired) electrons. The minimum absolute atomic E-state index is 0.262. The minimum atomic E-state index is -0.262. The Balaban J connectivity index is 2.01. The lowest BCUT2D eigenvalue weighted by atomic mass is 10.1. The highest BCUT2D eigenvalue weighted by Gasteiger charge is 2.08. The number of amides is 1. The van der Waals surface area contributed by atoms with Gasteiger partial charge in [-0.25, -0.2) is 0 Å². The maximum Gasteiger partial charge on any atom is 0.277 e. The van der Waals surface area contributed by atoms with E-state index >= 15 is 0 Å². The third kappa shape index (κ3) is 2.90. The second kappa shape index (κ2) is 5.25. The summed E-state index contributed by atoms with van der Waals surface area (Å²) in [5.41, 5.74) is 2.31. The largest absolute Gasteiger partial charge is 0.321 e. The molecule has 0 saturated carbocycles. The first kappa shape index (κ1) is 11.3. The predicted molar refractivity (Wildman–Crippen MR) is 64.8 cm³/mol. The number of hydrogen-bond donors (Lipinski definition) is 2. The number of nitrogens with zero attached hydrogens (tertiary/aromatic N) is 2. The molecule has 5 nitrogen and oxygen atoms in total. The van der Waals surface area contributed by atoms with E-state index in [1.54, 1.807) is 0 Å². The van der Waals surface area contributed by atoms with Crippen molar-refractivity contribution in [1.82, 2.24) is 15.4 Å². The van der Waals surface area contributed by atoms with Crippen LogP contribution in [0.3, 0.4) is 0 Å². The molecule has 2 N–H and O–H groups in total. The van der Waals surface area contributed by atoms with Crippen molar-refractivity contribution < 1.29 is 4.79 Å². The van der Waals surface area contributed by atoms with Crippen LogP contribution in [-0.2, 0) is 6.42 Å². The molecule has 0 aliphatic heterocycles. The summed E-state index contributed by atoms with van der Waals surface area (Å²) in [4.78, 5) is 11.7. The van der Waals surface area contributed by atoms with Crippen LogP contribution in [-0.4, -0.2) is 21.3 Å². The Morgan fingerprint density at radius 1 is 1.35 bits per heavy atom. The summed E-state index contributed by atoms with van der Waals surface area (Å²) in [5, 5.41) is 12.5. The van der Waals surface area contributed by atoms with E-state index in [2.05, 4.69) is 27.7 Å². The normalized spacial score (nSPS) is 10.2. The summed E-state index contributed by atoms with van der Waals surface area (Å²) >= 11 is 0. The second-order valence-corrected chi connectivity index (χ2v) is 3.76. The van der Waals surface area contributed by atoms with Crippen LogP contribution in [0.15, 0.2) is 30.5 Å². The Kier molecular flexibility index (Phi) is 3.49. The molecule has 1 aromatic heterocycles. The molecular weight excluding hydrogens is 216 g/mol. The molecule has 2 rings (SSSR count). The third-order valence-electron chi connectivity index (χ3n) is 2.40. The van der Waals surface area contributed by atoms with Gasteiger partial charge in [0, 0.05) is 5.69 Å². The summed E-state index contributed by atoms with van der Waals surface area (Å²) < 4.78 is 0. The molecule has 2 aromatic rings. The van der Waals surface area contributed by atoms with Gasteiger partial charge in [0.15, 0.2) is 5.69 Å². The molecule has 0 atom stereocenters. The highest BCUT2D eigenvalue weighted by atomic mass is 16.2. The minimum Gasteiger partial charge on any atom is -0.321 e. The van der Waals surface area contributed by atoms with Crippen LogP contribution >= 0.6 is 0 Å². The van der Waals surface area contributed by atoms with Crippen molar-refractivity contribution in [1.29, 1.82) is 0 Å². The van der Waals surface area contributed by atoms with Gasteiger partial charge in [-0.15, -0.1) is 0 Å². The molecule has 1 amide bonds. The first-order chi connectivity index (χ1) is 8.29. The highest BCUT2D eigenvalue weighted by Crippen LogP contribution is 2.11.